The Labute approximate surface area is 135 Å². The van der Waals surface area contributed by atoms with Gasteiger partial charge < -0.3 is 14.7 Å². The van der Waals surface area contributed by atoms with Crippen LogP contribution in [-0.2, 0) is 6.42 Å². The van der Waals surface area contributed by atoms with E-state index in [4.69, 9.17) is 4.52 Å². The minimum atomic E-state index is -0.115. The number of anilines is 1. The topological polar surface area (TPSA) is 84.2 Å². The number of hydrogen-bond donors (Lipinski definition) is 1. The van der Waals surface area contributed by atoms with Gasteiger partial charge in [-0.2, -0.15) is 0 Å². The number of nitrogens with zero attached hydrogens (tertiary/aromatic N) is 4. The van der Waals surface area contributed by atoms with Crippen molar-refractivity contribution in [2.75, 3.05) is 18.0 Å². The zero-order chi connectivity index (χ0) is 16.1. The summed E-state index contributed by atoms with van der Waals surface area (Å²) >= 11 is 0. The molecule has 3 rings (SSSR count). The molecule has 1 fully saturated rings. The maximum absolute atomic E-state index is 12.5. The number of rotatable bonds is 5. The van der Waals surface area contributed by atoms with Crippen LogP contribution in [0.1, 0.15) is 42.3 Å². The first-order valence-electron chi connectivity index (χ1n) is 8.04. The highest BCUT2D eigenvalue weighted by Gasteiger charge is 2.25. The standard InChI is InChI=1S/C16H21N5O2/c1-2-5-14-13(10-19-23-14)15(22)20-12-6-3-9-21(11-12)16-17-7-4-8-18-16/h4,7-8,10,12H,2-3,5-6,9,11H2,1H3,(H,20,22)/t12-/m1/s1. The lowest BCUT2D eigenvalue weighted by atomic mass is 10.1. The summed E-state index contributed by atoms with van der Waals surface area (Å²) in [6, 6.07) is 1.87. The van der Waals surface area contributed by atoms with Crippen molar-refractivity contribution in [3.05, 3.63) is 36.0 Å². The molecule has 7 nitrogen and oxygen atoms in total. The first-order chi connectivity index (χ1) is 11.3. The number of aryl methyl sites for hydroxylation is 1. The second-order valence-corrected chi connectivity index (χ2v) is 5.72. The van der Waals surface area contributed by atoms with Crippen molar-refractivity contribution >= 4 is 11.9 Å². The van der Waals surface area contributed by atoms with Crippen molar-refractivity contribution in [2.24, 2.45) is 0 Å². The second-order valence-electron chi connectivity index (χ2n) is 5.72. The van der Waals surface area contributed by atoms with Gasteiger partial charge in [-0.15, -0.1) is 0 Å². The van der Waals surface area contributed by atoms with Crippen LogP contribution in [0, 0.1) is 0 Å². The number of hydrogen-bond acceptors (Lipinski definition) is 6. The summed E-state index contributed by atoms with van der Waals surface area (Å²) in [6.45, 7) is 3.66. The predicted octanol–water partition coefficient (Wildman–Crippen LogP) is 1.82. The van der Waals surface area contributed by atoms with Gasteiger partial charge in [0.25, 0.3) is 5.91 Å². The average molecular weight is 315 g/mol. The first kappa shape index (κ1) is 15.5. The summed E-state index contributed by atoms with van der Waals surface area (Å²) < 4.78 is 5.16. The van der Waals surface area contributed by atoms with Crippen LogP contribution in [0.2, 0.25) is 0 Å². The number of amides is 1. The molecule has 0 radical (unpaired) electrons. The molecule has 1 aliphatic heterocycles. The molecule has 0 aromatic carbocycles. The average Bonchev–Trinajstić information content (AvgIpc) is 3.05. The second kappa shape index (κ2) is 7.21. The van der Waals surface area contributed by atoms with E-state index in [1.807, 2.05) is 6.92 Å². The van der Waals surface area contributed by atoms with E-state index in [-0.39, 0.29) is 11.9 Å². The van der Waals surface area contributed by atoms with E-state index < -0.39 is 0 Å². The summed E-state index contributed by atoms with van der Waals surface area (Å²) in [5, 5.41) is 6.83. The van der Waals surface area contributed by atoms with Gasteiger partial charge in [-0.3, -0.25) is 4.79 Å². The Hall–Kier alpha value is -2.44. The molecule has 0 unspecified atom stereocenters. The van der Waals surface area contributed by atoms with Crippen LogP contribution in [0.25, 0.3) is 0 Å². The summed E-state index contributed by atoms with van der Waals surface area (Å²) in [4.78, 5) is 23.1. The smallest absolute Gasteiger partial charge is 0.256 e. The molecule has 3 heterocycles. The van der Waals surface area contributed by atoms with Crippen molar-refractivity contribution < 1.29 is 9.32 Å². The third-order valence-electron chi connectivity index (χ3n) is 3.96. The first-order valence-corrected chi connectivity index (χ1v) is 8.04. The van der Waals surface area contributed by atoms with E-state index in [0.29, 0.717) is 23.8 Å². The van der Waals surface area contributed by atoms with Crippen molar-refractivity contribution in [2.45, 2.75) is 38.6 Å². The van der Waals surface area contributed by atoms with Gasteiger partial charge in [0.2, 0.25) is 5.95 Å². The highest BCUT2D eigenvalue weighted by molar-refractivity contribution is 5.95. The van der Waals surface area contributed by atoms with E-state index in [1.165, 1.54) is 6.20 Å². The lowest BCUT2D eigenvalue weighted by Gasteiger charge is -2.33. The van der Waals surface area contributed by atoms with Crippen molar-refractivity contribution in [3.63, 3.8) is 0 Å². The summed E-state index contributed by atoms with van der Waals surface area (Å²) in [7, 11) is 0. The largest absolute Gasteiger partial charge is 0.361 e. The van der Waals surface area contributed by atoms with E-state index in [0.717, 1.165) is 32.2 Å². The minimum Gasteiger partial charge on any atom is -0.361 e. The molecule has 0 spiro atoms. The summed E-state index contributed by atoms with van der Waals surface area (Å²) in [6.07, 6.45) is 8.55. The third-order valence-corrected chi connectivity index (χ3v) is 3.96. The van der Waals surface area contributed by atoms with Gasteiger partial charge in [0.15, 0.2) is 0 Å². The maximum atomic E-state index is 12.5. The summed E-state index contributed by atoms with van der Waals surface area (Å²) in [5.74, 6) is 1.25. The molecule has 1 atom stereocenters. The van der Waals surface area contributed by atoms with Crippen LogP contribution in [0.15, 0.2) is 29.2 Å². The fourth-order valence-electron chi connectivity index (χ4n) is 2.85. The molecular formula is C16H21N5O2. The minimum absolute atomic E-state index is 0.0735. The van der Waals surface area contributed by atoms with Crippen LogP contribution < -0.4 is 10.2 Å². The molecule has 1 amide bonds. The SMILES string of the molecule is CCCc1oncc1C(=O)N[C@@H]1CCCN(c2ncccn2)C1. The molecule has 1 aliphatic rings. The fourth-order valence-corrected chi connectivity index (χ4v) is 2.85. The highest BCUT2D eigenvalue weighted by Crippen LogP contribution is 2.16. The van der Waals surface area contributed by atoms with Crippen LogP contribution in [0.5, 0.6) is 0 Å². The Bertz CT molecular complexity index is 643. The molecule has 2 aromatic rings. The Morgan fingerprint density at radius 2 is 2.26 bits per heavy atom. The lowest BCUT2D eigenvalue weighted by Crippen LogP contribution is -2.48. The number of piperidine rings is 1. The third kappa shape index (κ3) is 3.67. The highest BCUT2D eigenvalue weighted by atomic mass is 16.5. The van der Waals surface area contributed by atoms with Gasteiger partial charge in [0.05, 0.1) is 6.20 Å². The van der Waals surface area contributed by atoms with Crippen LogP contribution in [0.3, 0.4) is 0 Å². The predicted molar refractivity (Wildman–Crippen MR) is 85.2 cm³/mol. The van der Waals surface area contributed by atoms with E-state index in [9.17, 15) is 4.79 Å². The van der Waals surface area contributed by atoms with Crippen LogP contribution in [-0.4, -0.2) is 40.2 Å². The van der Waals surface area contributed by atoms with Crippen LogP contribution >= 0.6 is 0 Å². The normalized spacial score (nSPS) is 18.0. The number of aromatic nitrogens is 3. The molecule has 0 bridgehead atoms. The van der Waals surface area contributed by atoms with Gasteiger partial charge in [-0.05, 0) is 25.3 Å². The zero-order valence-corrected chi connectivity index (χ0v) is 13.2. The zero-order valence-electron chi connectivity index (χ0n) is 13.2. The fraction of sp³-hybridized carbons (Fsp3) is 0.500. The maximum Gasteiger partial charge on any atom is 0.256 e. The molecule has 2 aromatic heterocycles. The molecule has 1 N–H and O–H groups in total. The lowest BCUT2D eigenvalue weighted by molar-refractivity contribution is 0.0931. The molecule has 0 aliphatic carbocycles. The Balaban J connectivity index is 1.63. The molecule has 7 heteroatoms. The molecular weight excluding hydrogens is 294 g/mol. The number of carbonyl (C=O) groups excluding carboxylic acids is 1. The Morgan fingerprint density at radius 3 is 3.04 bits per heavy atom. The monoisotopic (exact) mass is 315 g/mol. The number of nitrogens with one attached hydrogen (secondary N) is 1. The van der Waals surface area contributed by atoms with E-state index in [1.54, 1.807) is 18.5 Å². The quantitative estimate of drug-likeness (QED) is 0.906. The van der Waals surface area contributed by atoms with Crippen molar-refractivity contribution in [1.29, 1.82) is 0 Å². The van der Waals surface area contributed by atoms with Gasteiger partial charge in [0.1, 0.15) is 11.3 Å². The Kier molecular flexibility index (Phi) is 4.85. The van der Waals surface area contributed by atoms with Gasteiger partial charge in [0, 0.05) is 37.9 Å². The van der Waals surface area contributed by atoms with Crippen LogP contribution in [0.4, 0.5) is 5.95 Å². The number of carbonyl (C=O) groups is 1. The molecule has 0 saturated carbocycles. The molecule has 23 heavy (non-hydrogen) atoms. The summed E-state index contributed by atoms with van der Waals surface area (Å²) in [5.41, 5.74) is 0.542. The molecule has 1 saturated heterocycles. The van der Waals surface area contributed by atoms with Gasteiger partial charge in [-0.1, -0.05) is 12.1 Å². The van der Waals surface area contributed by atoms with Gasteiger partial charge in [-0.25, -0.2) is 9.97 Å². The van der Waals surface area contributed by atoms with Gasteiger partial charge >= 0.3 is 0 Å². The Morgan fingerprint density at radius 1 is 1.43 bits per heavy atom. The van der Waals surface area contributed by atoms with Crippen molar-refractivity contribution in [1.82, 2.24) is 20.4 Å². The van der Waals surface area contributed by atoms with Crippen molar-refractivity contribution in [3.8, 4) is 0 Å². The van der Waals surface area contributed by atoms with E-state index >= 15 is 0 Å². The van der Waals surface area contributed by atoms with E-state index in [2.05, 4.69) is 25.3 Å². The molecule has 122 valence electrons.